The molecule has 0 atom stereocenters. The van der Waals surface area contributed by atoms with Gasteiger partial charge in [0, 0.05) is 19.6 Å². The number of benzene rings is 2. The molecule has 1 fully saturated rings. The zero-order valence-corrected chi connectivity index (χ0v) is 18.2. The van der Waals surface area contributed by atoms with Crippen LogP contribution in [-0.4, -0.2) is 59.3 Å². The average Bonchev–Trinajstić information content (AvgIpc) is 2.81. The van der Waals surface area contributed by atoms with Gasteiger partial charge in [0.15, 0.2) is 0 Å². The van der Waals surface area contributed by atoms with E-state index >= 15 is 0 Å². The summed E-state index contributed by atoms with van der Waals surface area (Å²) in [7, 11) is 0. The zero-order chi connectivity index (χ0) is 23.3. The minimum absolute atomic E-state index is 0.0944. The van der Waals surface area contributed by atoms with Crippen LogP contribution in [0, 0.1) is 0 Å². The molecule has 0 aromatic heterocycles. The van der Waals surface area contributed by atoms with Gasteiger partial charge in [-0.1, -0.05) is 66.2 Å². The normalized spacial score (nSPS) is 13.5. The molecule has 7 nitrogen and oxygen atoms in total. The summed E-state index contributed by atoms with van der Waals surface area (Å²) < 4.78 is 5.03. The lowest BCUT2D eigenvalue weighted by molar-refractivity contribution is -0.159. The number of likely N-dealkylation sites (tertiary alicyclic amines) is 1. The number of ether oxygens (including phenoxy) is 1. The van der Waals surface area contributed by atoms with Crippen molar-refractivity contribution in [3.8, 4) is 0 Å². The molecule has 170 valence electrons. The van der Waals surface area contributed by atoms with Crippen molar-refractivity contribution < 1.29 is 29.3 Å². The van der Waals surface area contributed by atoms with Gasteiger partial charge in [0.2, 0.25) is 0 Å². The number of aliphatic carboxylic acids is 2. The molecule has 1 saturated heterocycles. The number of piperidine rings is 1. The first-order valence-corrected chi connectivity index (χ1v) is 10.6. The lowest BCUT2D eigenvalue weighted by Crippen LogP contribution is -2.33. The van der Waals surface area contributed by atoms with Crippen LogP contribution in [0.3, 0.4) is 0 Å². The molecule has 0 bridgehead atoms. The zero-order valence-electron chi connectivity index (χ0n) is 18.2. The maximum Gasteiger partial charge on any atom is 0.414 e. The highest BCUT2D eigenvalue weighted by Crippen LogP contribution is 2.32. The van der Waals surface area contributed by atoms with Gasteiger partial charge in [0.05, 0.1) is 13.0 Å². The molecule has 2 aromatic rings. The Morgan fingerprint density at radius 1 is 0.844 bits per heavy atom. The molecule has 0 radical (unpaired) electrons. The first-order chi connectivity index (χ1) is 15.4. The molecule has 7 heteroatoms. The molecule has 2 N–H and O–H groups in total. The van der Waals surface area contributed by atoms with Crippen LogP contribution in [0.25, 0.3) is 5.57 Å². The van der Waals surface area contributed by atoms with Crippen LogP contribution >= 0.6 is 0 Å². The van der Waals surface area contributed by atoms with Gasteiger partial charge < -0.3 is 19.8 Å². The number of esters is 1. The summed E-state index contributed by atoms with van der Waals surface area (Å²) in [4.78, 5) is 32.1. The molecule has 0 unspecified atom stereocenters. The van der Waals surface area contributed by atoms with Crippen LogP contribution in [0.5, 0.6) is 0 Å². The second-order valence-electron chi connectivity index (χ2n) is 7.22. The lowest BCUT2D eigenvalue weighted by atomic mass is 9.88. The Labute approximate surface area is 187 Å². The second-order valence-corrected chi connectivity index (χ2v) is 7.22. The van der Waals surface area contributed by atoms with Crippen molar-refractivity contribution in [3.05, 3.63) is 77.4 Å². The van der Waals surface area contributed by atoms with Gasteiger partial charge in [-0.3, -0.25) is 4.79 Å². The van der Waals surface area contributed by atoms with E-state index in [2.05, 4.69) is 65.6 Å². The van der Waals surface area contributed by atoms with Gasteiger partial charge in [-0.25, -0.2) is 9.59 Å². The molecule has 32 heavy (non-hydrogen) atoms. The smallest absolute Gasteiger partial charge is 0.414 e. The van der Waals surface area contributed by atoms with Crippen LogP contribution in [-0.2, 0) is 19.1 Å². The minimum atomic E-state index is -1.82. The molecule has 0 aliphatic carbocycles. The van der Waals surface area contributed by atoms with E-state index in [1.54, 1.807) is 0 Å². The Balaban J connectivity index is 0.000000534. The third-order valence-electron chi connectivity index (χ3n) is 5.06. The fourth-order valence-electron chi connectivity index (χ4n) is 3.56. The third-order valence-corrected chi connectivity index (χ3v) is 5.06. The number of carbonyl (C=O) groups excluding carboxylic acids is 1. The van der Waals surface area contributed by atoms with Gasteiger partial charge in [-0.05, 0) is 36.5 Å². The van der Waals surface area contributed by atoms with E-state index in [0.717, 1.165) is 32.5 Å². The van der Waals surface area contributed by atoms with Crippen molar-refractivity contribution >= 4 is 23.5 Å². The van der Waals surface area contributed by atoms with E-state index in [4.69, 9.17) is 24.5 Å². The average molecular weight is 440 g/mol. The van der Waals surface area contributed by atoms with Crippen LogP contribution in [0.2, 0.25) is 0 Å². The summed E-state index contributed by atoms with van der Waals surface area (Å²) in [6.07, 6.45) is 2.57. The van der Waals surface area contributed by atoms with Gasteiger partial charge in [0.1, 0.15) is 0 Å². The van der Waals surface area contributed by atoms with Gasteiger partial charge in [-0.15, -0.1) is 0 Å². The highest BCUT2D eigenvalue weighted by Gasteiger charge is 2.19. The molecular formula is C25H29NO6. The molecule has 3 rings (SSSR count). The first-order valence-electron chi connectivity index (χ1n) is 10.6. The molecular weight excluding hydrogens is 410 g/mol. The number of carboxylic acid groups (broad SMARTS) is 2. The second kappa shape index (κ2) is 13.1. The number of nitrogens with zero attached hydrogens (tertiary/aromatic N) is 1. The Morgan fingerprint density at radius 2 is 1.31 bits per heavy atom. The van der Waals surface area contributed by atoms with Crippen molar-refractivity contribution in [2.45, 2.75) is 26.2 Å². The third kappa shape index (κ3) is 8.00. The Kier molecular flexibility index (Phi) is 10.1. The molecule has 0 spiro atoms. The highest BCUT2D eigenvalue weighted by molar-refractivity contribution is 6.27. The largest absolute Gasteiger partial charge is 0.473 e. The van der Waals surface area contributed by atoms with Crippen LogP contribution in [0.1, 0.15) is 37.3 Å². The van der Waals surface area contributed by atoms with E-state index in [1.807, 2.05) is 6.92 Å². The Hall–Kier alpha value is -3.45. The molecule has 2 aromatic carbocycles. The van der Waals surface area contributed by atoms with Gasteiger partial charge >= 0.3 is 17.9 Å². The monoisotopic (exact) mass is 439 g/mol. The summed E-state index contributed by atoms with van der Waals surface area (Å²) in [6, 6.07) is 21.3. The quantitative estimate of drug-likeness (QED) is 0.522. The first kappa shape index (κ1) is 24.8. The molecule has 0 amide bonds. The summed E-state index contributed by atoms with van der Waals surface area (Å²) in [5.41, 5.74) is 5.45. The van der Waals surface area contributed by atoms with Gasteiger partial charge in [0.25, 0.3) is 0 Å². The van der Waals surface area contributed by atoms with Crippen molar-refractivity contribution in [1.82, 2.24) is 4.90 Å². The maximum atomic E-state index is 11.6. The van der Waals surface area contributed by atoms with Crippen molar-refractivity contribution in [1.29, 1.82) is 0 Å². The summed E-state index contributed by atoms with van der Waals surface area (Å²) >= 11 is 0. The molecule has 1 heterocycles. The van der Waals surface area contributed by atoms with E-state index in [-0.39, 0.29) is 5.97 Å². The predicted octanol–water partition coefficient (Wildman–Crippen LogP) is 3.69. The van der Waals surface area contributed by atoms with Crippen molar-refractivity contribution in [2.24, 2.45) is 0 Å². The standard InChI is InChI=1S/C23H27NO2.C2H2O4/c1-2-26-22(25)15-18-24-16-13-21(14-17-24)23(19-9-5-3-6-10-19)20-11-7-4-8-12-20;3-1(4)2(5)6/h3-12H,2,13-18H2,1H3;(H,3,4)(H,5,6). The predicted molar refractivity (Wildman–Crippen MR) is 121 cm³/mol. The molecule has 0 saturated carbocycles. The van der Waals surface area contributed by atoms with Crippen LogP contribution in [0.15, 0.2) is 66.2 Å². The number of hydrogen-bond donors (Lipinski definition) is 2. The lowest BCUT2D eigenvalue weighted by Gasteiger charge is -2.30. The summed E-state index contributed by atoms with van der Waals surface area (Å²) in [5, 5.41) is 14.8. The van der Waals surface area contributed by atoms with E-state index in [9.17, 15) is 4.79 Å². The number of hydrogen-bond acceptors (Lipinski definition) is 5. The SMILES string of the molecule is CCOC(=O)CCN1CCC(=C(c2ccccc2)c2ccccc2)CC1.O=C(O)C(=O)O. The molecule has 1 aliphatic heterocycles. The Morgan fingerprint density at radius 3 is 1.72 bits per heavy atom. The summed E-state index contributed by atoms with van der Waals surface area (Å²) in [5.74, 6) is -3.74. The van der Waals surface area contributed by atoms with E-state index in [0.29, 0.717) is 13.0 Å². The van der Waals surface area contributed by atoms with Crippen LogP contribution < -0.4 is 0 Å². The van der Waals surface area contributed by atoms with E-state index in [1.165, 1.54) is 22.3 Å². The number of carbonyl (C=O) groups is 3. The topological polar surface area (TPSA) is 104 Å². The minimum Gasteiger partial charge on any atom is -0.473 e. The van der Waals surface area contributed by atoms with E-state index < -0.39 is 11.9 Å². The maximum absolute atomic E-state index is 11.6. The fourth-order valence-corrected chi connectivity index (χ4v) is 3.56. The van der Waals surface area contributed by atoms with Crippen LogP contribution in [0.4, 0.5) is 0 Å². The van der Waals surface area contributed by atoms with Gasteiger partial charge in [-0.2, -0.15) is 0 Å². The van der Waals surface area contributed by atoms with Crippen molar-refractivity contribution in [2.75, 3.05) is 26.2 Å². The molecule has 1 aliphatic rings. The highest BCUT2D eigenvalue weighted by atomic mass is 16.5. The fraction of sp³-hybridized carbons (Fsp3) is 0.320. The van der Waals surface area contributed by atoms with Crippen molar-refractivity contribution in [3.63, 3.8) is 0 Å². The number of rotatable bonds is 6. The number of carboxylic acids is 2. The summed E-state index contributed by atoms with van der Waals surface area (Å²) in [6.45, 7) is 5.10. The Bertz CT molecular complexity index is 860.